The van der Waals surface area contributed by atoms with Crippen LogP contribution in [0.1, 0.15) is 20.3 Å². The minimum Gasteiger partial charge on any atom is -0.481 e. The Kier molecular flexibility index (Phi) is 3.43. The molecule has 1 atom stereocenters. The Morgan fingerprint density at radius 2 is 2.29 bits per heavy atom. The van der Waals surface area contributed by atoms with Crippen molar-refractivity contribution >= 4 is 28.8 Å². The van der Waals surface area contributed by atoms with E-state index in [-0.39, 0.29) is 11.6 Å². The fourth-order valence-corrected chi connectivity index (χ4v) is 3.34. The molecule has 0 radical (unpaired) electrons. The Morgan fingerprint density at radius 3 is 2.90 bits per heavy atom. The lowest BCUT2D eigenvalue weighted by molar-refractivity contribution is -0.133. The summed E-state index contributed by atoms with van der Waals surface area (Å²) in [5.74, 6) is -0.688. The second-order valence-corrected chi connectivity index (χ2v) is 7.15. The van der Waals surface area contributed by atoms with Gasteiger partial charge in [0.2, 0.25) is 0 Å². The van der Waals surface area contributed by atoms with Gasteiger partial charge in [0.15, 0.2) is 5.16 Å². The number of rotatable bonds is 5. The molecule has 1 aliphatic carbocycles. The monoisotopic (exact) mass is 308 g/mol. The number of aromatic nitrogens is 2. The maximum atomic E-state index is 13.5. The maximum absolute atomic E-state index is 13.5. The third-order valence-electron chi connectivity index (χ3n) is 4.12. The van der Waals surface area contributed by atoms with Gasteiger partial charge in [0.1, 0.15) is 5.82 Å². The van der Waals surface area contributed by atoms with Crippen molar-refractivity contribution in [2.75, 3.05) is 5.75 Å². The SMILES string of the molecule is CC1(C)CC1Cn1c(SCC(=O)O)nc2ccc(F)cc21. The predicted molar refractivity (Wildman–Crippen MR) is 79.9 cm³/mol. The number of carbonyl (C=O) groups is 1. The Hall–Kier alpha value is -1.56. The molecule has 4 nitrogen and oxygen atoms in total. The van der Waals surface area contributed by atoms with E-state index in [9.17, 15) is 9.18 Å². The quantitative estimate of drug-likeness (QED) is 0.860. The van der Waals surface area contributed by atoms with Gasteiger partial charge in [-0.1, -0.05) is 25.6 Å². The number of benzene rings is 1. The second kappa shape index (κ2) is 5.02. The number of hydrogen-bond acceptors (Lipinski definition) is 3. The highest BCUT2D eigenvalue weighted by atomic mass is 32.2. The minimum atomic E-state index is -0.878. The molecule has 1 fully saturated rings. The van der Waals surface area contributed by atoms with Gasteiger partial charge in [-0.15, -0.1) is 0 Å². The van der Waals surface area contributed by atoms with Gasteiger partial charge in [-0.2, -0.15) is 0 Å². The molecular weight excluding hydrogens is 291 g/mol. The molecule has 0 aliphatic heterocycles. The summed E-state index contributed by atoms with van der Waals surface area (Å²) in [4.78, 5) is 15.2. The van der Waals surface area contributed by atoms with Crippen molar-refractivity contribution in [3.8, 4) is 0 Å². The predicted octanol–water partition coefficient (Wildman–Crippen LogP) is 3.40. The van der Waals surface area contributed by atoms with Crippen LogP contribution in [0.5, 0.6) is 0 Å². The Morgan fingerprint density at radius 1 is 1.57 bits per heavy atom. The zero-order valence-electron chi connectivity index (χ0n) is 12.0. The molecule has 1 unspecified atom stereocenters. The summed E-state index contributed by atoms with van der Waals surface area (Å²) in [6, 6.07) is 4.50. The molecule has 3 rings (SSSR count). The van der Waals surface area contributed by atoms with E-state index in [1.54, 1.807) is 6.07 Å². The molecule has 0 bridgehead atoms. The lowest BCUT2D eigenvalue weighted by Gasteiger charge is -2.09. The second-order valence-electron chi connectivity index (χ2n) is 6.21. The van der Waals surface area contributed by atoms with E-state index in [4.69, 9.17) is 5.11 Å². The summed E-state index contributed by atoms with van der Waals surface area (Å²) in [5, 5.41) is 9.50. The largest absolute Gasteiger partial charge is 0.481 e. The first-order chi connectivity index (χ1) is 9.87. The standard InChI is InChI=1S/C15H17FN2O2S/c1-15(2)6-9(15)7-18-12-5-10(16)3-4-11(12)17-14(18)21-8-13(19)20/h3-5,9H,6-8H2,1-2H3,(H,19,20). The minimum absolute atomic E-state index is 0.0418. The van der Waals surface area contributed by atoms with Gasteiger partial charge >= 0.3 is 5.97 Å². The van der Waals surface area contributed by atoms with Gasteiger partial charge in [0, 0.05) is 6.54 Å². The number of carboxylic acid groups (broad SMARTS) is 1. The molecule has 0 saturated heterocycles. The fraction of sp³-hybridized carbons (Fsp3) is 0.467. The van der Waals surface area contributed by atoms with Crippen molar-refractivity contribution < 1.29 is 14.3 Å². The number of nitrogens with zero attached hydrogens (tertiary/aromatic N) is 2. The average Bonchev–Trinajstić information content (AvgIpc) is 2.86. The van der Waals surface area contributed by atoms with E-state index < -0.39 is 5.97 Å². The van der Waals surface area contributed by atoms with Crippen molar-refractivity contribution in [2.24, 2.45) is 11.3 Å². The van der Waals surface area contributed by atoms with Crippen LogP contribution in [-0.2, 0) is 11.3 Å². The van der Waals surface area contributed by atoms with Crippen LogP contribution in [0.3, 0.4) is 0 Å². The van der Waals surface area contributed by atoms with E-state index in [0.717, 1.165) is 18.5 Å². The number of hydrogen-bond donors (Lipinski definition) is 1. The zero-order chi connectivity index (χ0) is 15.2. The highest BCUT2D eigenvalue weighted by Crippen LogP contribution is 2.53. The molecule has 21 heavy (non-hydrogen) atoms. The van der Waals surface area contributed by atoms with Crippen molar-refractivity contribution in [3.05, 3.63) is 24.0 Å². The lowest BCUT2D eigenvalue weighted by atomic mass is 10.1. The topological polar surface area (TPSA) is 55.1 Å². The normalized spacial score (nSPS) is 19.9. The van der Waals surface area contributed by atoms with Crippen LogP contribution in [0.4, 0.5) is 4.39 Å². The van der Waals surface area contributed by atoms with Crippen molar-refractivity contribution in [1.29, 1.82) is 0 Å². The van der Waals surface area contributed by atoms with Gasteiger partial charge in [-0.25, -0.2) is 9.37 Å². The molecule has 1 saturated carbocycles. The molecule has 0 spiro atoms. The number of carboxylic acids is 1. The smallest absolute Gasteiger partial charge is 0.313 e. The summed E-state index contributed by atoms with van der Waals surface area (Å²) in [6.45, 7) is 5.18. The Bertz CT molecular complexity index is 711. The van der Waals surface area contributed by atoms with Crippen LogP contribution >= 0.6 is 11.8 Å². The molecule has 0 amide bonds. The van der Waals surface area contributed by atoms with Crippen LogP contribution in [-0.4, -0.2) is 26.4 Å². The van der Waals surface area contributed by atoms with Crippen molar-refractivity contribution in [3.63, 3.8) is 0 Å². The lowest BCUT2D eigenvalue weighted by Crippen LogP contribution is -2.07. The van der Waals surface area contributed by atoms with Crippen LogP contribution in [0.25, 0.3) is 11.0 Å². The van der Waals surface area contributed by atoms with Crippen LogP contribution < -0.4 is 0 Å². The van der Waals surface area contributed by atoms with E-state index in [2.05, 4.69) is 18.8 Å². The summed E-state index contributed by atoms with van der Waals surface area (Å²) >= 11 is 1.19. The van der Waals surface area contributed by atoms with Crippen molar-refractivity contribution in [1.82, 2.24) is 9.55 Å². The Labute approximate surface area is 126 Å². The number of fused-ring (bicyclic) bond motifs is 1. The van der Waals surface area contributed by atoms with Crippen LogP contribution in [0.2, 0.25) is 0 Å². The van der Waals surface area contributed by atoms with Gasteiger partial charge in [-0.3, -0.25) is 4.79 Å². The molecule has 6 heteroatoms. The molecule has 1 aliphatic rings. The Balaban J connectivity index is 1.97. The highest BCUT2D eigenvalue weighted by Gasteiger charge is 2.45. The van der Waals surface area contributed by atoms with Crippen LogP contribution in [0, 0.1) is 17.2 Å². The molecule has 1 aromatic carbocycles. The summed E-state index contributed by atoms with van der Waals surface area (Å²) in [6.07, 6.45) is 1.13. The molecule has 2 aromatic rings. The third-order valence-corrected chi connectivity index (χ3v) is 5.08. The maximum Gasteiger partial charge on any atom is 0.313 e. The fourth-order valence-electron chi connectivity index (χ4n) is 2.59. The summed E-state index contributed by atoms with van der Waals surface area (Å²) in [5.41, 5.74) is 1.76. The molecular formula is C15H17FN2O2S. The number of thioether (sulfide) groups is 1. The zero-order valence-corrected chi connectivity index (χ0v) is 12.8. The summed E-state index contributed by atoms with van der Waals surface area (Å²) < 4.78 is 15.5. The molecule has 1 heterocycles. The first kappa shape index (κ1) is 14.4. The number of halogens is 1. The van der Waals surface area contributed by atoms with E-state index in [1.165, 1.54) is 23.9 Å². The van der Waals surface area contributed by atoms with Gasteiger partial charge in [-0.05, 0) is 36.0 Å². The highest BCUT2D eigenvalue weighted by molar-refractivity contribution is 7.99. The molecule has 112 valence electrons. The summed E-state index contributed by atoms with van der Waals surface area (Å²) in [7, 11) is 0. The van der Waals surface area contributed by atoms with E-state index >= 15 is 0 Å². The van der Waals surface area contributed by atoms with Gasteiger partial charge in [0.05, 0.1) is 16.8 Å². The molecule has 1 aromatic heterocycles. The van der Waals surface area contributed by atoms with Crippen molar-refractivity contribution in [2.45, 2.75) is 32.0 Å². The first-order valence-electron chi connectivity index (χ1n) is 6.87. The van der Waals surface area contributed by atoms with E-state index in [1.807, 2.05) is 4.57 Å². The average molecular weight is 308 g/mol. The van der Waals surface area contributed by atoms with Gasteiger partial charge in [0.25, 0.3) is 0 Å². The molecule has 1 N–H and O–H groups in total. The van der Waals surface area contributed by atoms with Crippen LogP contribution in [0.15, 0.2) is 23.4 Å². The third kappa shape index (κ3) is 2.90. The first-order valence-corrected chi connectivity index (χ1v) is 7.86. The van der Waals surface area contributed by atoms with Gasteiger partial charge < -0.3 is 9.67 Å². The number of imidazole rings is 1. The van der Waals surface area contributed by atoms with E-state index in [0.29, 0.717) is 22.0 Å². The number of aliphatic carboxylic acids is 1.